The molecule has 1 fully saturated rings. The topological polar surface area (TPSA) is 69.7 Å². The second-order valence-electron chi connectivity index (χ2n) is 5.34. The number of benzene rings is 1. The minimum Gasteiger partial charge on any atom is -0.399 e. The molecule has 2 rings (SSSR count). The summed E-state index contributed by atoms with van der Waals surface area (Å²) in [6.45, 7) is 1.33. The van der Waals surface area contributed by atoms with Crippen molar-refractivity contribution in [3.05, 3.63) is 29.8 Å². The summed E-state index contributed by atoms with van der Waals surface area (Å²) >= 11 is 0. The average molecular weight is 264 g/mol. The summed E-state index contributed by atoms with van der Waals surface area (Å²) in [6, 6.07) is 7.89. The van der Waals surface area contributed by atoms with Crippen LogP contribution in [0, 0.1) is 0 Å². The van der Waals surface area contributed by atoms with Crippen molar-refractivity contribution < 1.29 is 10.2 Å². The van der Waals surface area contributed by atoms with E-state index in [1.54, 1.807) is 0 Å². The van der Waals surface area contributed by atoms with Crippen LogP contribution in [-0.2, 0) is 0 Å². The van der Waals surface area contributed by atoms with Crippen LogP contribution >= 0.6 is 0 Å². The van der Waals surface area contributed by atoms with Crippen LogP contribution in [0.25, 0.3) is 0 Å². The molecule has 0 amide bonds. The summed E-state index contributed by atoms with van der Waals surface area (Å²) in [4.78, 5) is 2.21. The number of nitrogen functional groups attached to an aromatic ring is 1. The Hall–Kier alpha value is -1.10. The number of nitrogens with zero attached hydrogens (tertiary/aromatic N) is 1. The third kappa shape index (κ3) is 3.93. The Kier molecular flexibility index (Phi) is 5.19. The van der Waals surface area contributed by atoms with Crippen LogP contribution in [-0.4, -0.2) is 40.9 Å². The minimum absolute atomic E-state index is 0.139. The van der Waals surface area contributed by atoms with E-state index in [1.165, 1.54) is 25.7 Å². The molecular formula is C15H24N2O2. The Labute approximate surface area is 114 Å². The SMILES string of the molecule is Nc1cccc(C(O)CN(CCO)C2CCCC2)c1. The fourth-order valence-corrected chi connectivity index (χ4v) is 2.91. The first-order valence-electron chi connectivity index (χ1n) is 7.09. The van der Waals surface area contributed by atoms with Crippen molar-refractivity contribution in [3.63, 3.8) is 0 Å². The molecule has 19 heavy (non-hydrogen) atoms. The molecule has 0 bridgehead atoms. The number of hydrogen-bond acceptors (Lipinski definition) is 4. The van der Waals surface area contributed by atoms with Gasteiger partial charge in [0.2, 0.25) is 0 Å². The van der Waals surface area contributed by atoms with E-state index in [0.29, 0.717) is 24.8 Å². The third-order valence-corrected chi connectivity index (χ3v) is 3.93. The molecule has 1 aliphatic rings. The molecule has 0 aliphatic heterocycles. The summed E-state index contributed by atoms with van der Waals surface area (Å²) in [7, 11) is 0. The Morgan fingerprint density at radius 3 is 2.68 bits per heavy atom. The van der Waals surface area contributed by atoms with E-state index in [-0.39, 0.29) is 6.61 Å². The highest BCUT2D eigenvalue weighted by molar-refractivity contribution is 5.41. The van der Waals surface area contributed by atoms with E-state index in [2.05, 4.69) is 4.90 Å². The second-order valence-corrected chi connectivity index (χ2v) is 5.34. The van der Waals surface area contributed by atoms with Crippen molar-refractivity contribution in [1.29, 1.82) is 0 Å². The van der Waals surface area contributed by atoms with Crippen molar-refractivity contribution in [1.82, 2.24) is 4.90 Å². The summed E-state index contributed by atoms with van der Waals surface area (Å²) in [6.07, 6.45) is 4.30. The predicted molar refractivity (Wildman–Crippen MR) is 76.7 cm³/mol. The van der Waals surface area contributed by atoms with Crippen LogP contribution in [0.4, 0.5) is 5.69 Å². The Morgan fingerprint density at radius 1 is 1.32 bits per heavy atom. The monoisotopic (exact) mass is 264 g/mol. The van der Waals surface area contributed by atoms with Crippen LogP contribution in [0.15, 0.2) is 24.3 Å². The van der Waals surface area contributed by atoms with Crippen LogP contribution in [0.5, 0.6) is 0 Å². The molecule has 1 unspecified atom stereocenters. The Morgan fingerprint density at radius 2 is 2.05 bits per heavy atom. The molecule has 0 saturated heterocycles. The zero-order valence-electron chi connectivity index (χ0n) is 11.3. The highest BCUT2D eigenvalue weighted by Crippen LogP contribution is 2.25. The number of nitrogens with two attached hydrogens (primary N) is 1. The lowest BCUT2D eigenvalue weighted by atomic mass is 10.1. The average Bonchev–Trinajstić information content (AvgIpc) is 2.92. The number of hydrogen-bond donors (Lipinski definition) is 3. The summed E-state index contributed by atoms with van der Waals surface area (Å²) in [5.74, 6) is 0. The molecule has 4 heteroatoms. The standard InChI is InChI=1S/C15H24N2O2/c16-13-5-3-4-12(10-13)15(19)11-17(8-9-18)14-6-1-2-7-14/h3-5,10,14-15,18-19H,1-2,6-9,11,16H2. The molecule has 4 nitrogen and oxygen atoms in total. The number of aliphatic hydroxyl groups excluding tert-OH is 2. The van der Waals surface area contributed by atoms with Crippen LogP contribution in [0.1, 0.15) is 37.4 Å². The van der Waals surface area contributed by atoms with E-state index in [4.69, 9.17) is 5.73 Å². The number of rotatable bonds is 6. The van der Waals surface area contributed by atoms with Gasteiger partial charge < -0.3 is 15.9 Å². The van der Waals surface area contributed by atoms with Gasteiger partial charge in [0, 0.05) is 24.8 Å². The molecule has 0 spiro atoms. The molecule has 0 heterocycles. The molecule has 1 aliphatic carbocycles. The van der Waals surface area contributed by atoms with Crippen molar-refractivity contribution in [2.24, 2.45) is 0 Å². The number of anilines is 1. The van der Waals surface area contributed by atoms with Crippen LogP contribution < -0.4 is 5.73 Å². The fraction of sp³-hybridized carbons (Fsp3) is 0.600. The van der Waals surface area contributed by atoms with Gasteiger partial charge >= 0.3 is 0 Å². The van der Waals surface area contributed by atoms with Crippen LogP contribution in [0.3, 0.4) is 0 Å². The van der Waals surface area contributed by atoms with E-state index in [9.17, 15) is 10.2 Å². The highest BCUT2D eigenvalue weighted by Gasteiger charge is 2.24. The van der Waals surface area contributed by atoms with Gasteiger partial charge in [0.1, 0.15) is 0 Å². The second kappa shape index (κ2) is 6.89. The maximum atomic E-state index is 10.3. The van der Waals surface area contributed by atoms with Gasteiger partial charge in [-0.2, -0.15) is 0 Å². The van der Waals surface area contributed by atoms with Gasteiger partial charge in [0.25, 0.3) is 0 Å². The van der Waals surface area contributed by atoms with Gasteiger partial charge in [-0.3, -0.25) is 4.90 Å². The first-order chi connectivity index (χ1) is 9.20. The van der Waals surface area contributed by atoms with E-state index in [0.717, 1.165) is 5.56 Å². The van der Waals surface area contributed by atoms with Crippen molar-refractivity contribution >= 4 is 5.69 Å². The molecule has 0 aromatic heterocycles. The third-order valence-electron chi connectivity index (χ3n) is 3.93. The smallest absolute Gasteiger partial charge is 0.0917 e. The lowest BCUT2D eigenvalue weighted by molar-refractivity contribution is 0.0742. The van der Waals surface area contributed by atoms with Gasteiger partial charge in [0.05, 0.1) is 12.7 Å². The first kappa shape index (κ1) is 14.3. The van der Waals surface area contributed by atoms with E-state index >= 15 is 0 Å². The largest absolute Gasteiger partial charge is 0.399 e. The normalized spacial score (nSPS) is 18.1. The lowest BCUT2D eigenvalue weighted by Crippen LogP contribution is -2.38. The van der Waals surface area contributed by atoms with Crippen molar-refractivity contribution in [3.8, 4) is 0 Å². The zero-order chi connectivity index (χ0) is 13.7. The summed E-state index contributed by atoms with van der Waals surface area (Å²) in [5, 5.41) is 19.5. The molecule has 1 saturated carbocycles. The Bertz CT molecular complexity index is 391. The lowest BCUT2D eigenvalue weighted by Gasteiger charge is -2.30. The maximum Gasteiger partial charge on any atom is 0.0917 e. The quantitative estimate of drug-likeness (QED) is 0.682. The molecule has 1 atom stereocenters. The van der Waals surface area contributed by atoms with E-state index in [1.807, 2.05) is 24.3 Å². The first-order valence-corrected chi connectivity index (χ1v) is 7.09. The van der Waals surface area contributed by atoms with Gasteiger partial charge in [-0.25, -0.2) is 0 Å². The molecule has 4 N–H and O–H groups in total. The van der Waals surface area contributed by atoms with Crippen molar-refractivity contribution in [2.75, 3.05) is 25.4 Å². The van der Waals surface area contributed by atoms with Crippen LogP contribution in [0.2, 0.25) is 0 Å². The summed E-state index contributed by atoms with van der Waals surface area (Å²) in [5.41, 5.74) is 7.26. The van der Waals surface area contributed by atoms with Gasteiger partial charge in [-0.1, -0.05) is 25.0 Å². The fourth-order valence-electron chi connectivity index (χ4n) is 2.91. The van der Waals surface area contributed by atoms with Crippen molar-refractivity contribution in [2.45, 2.75) is 37.8 Å². The minimum atomic E-state index is -0.546. The highest BCUT2D eigenvalue weighted by atomic mass is 16.3. The molecule has 1 aromatic carbocycles. The molecule has 0 radical (unpaired) electrons. The van der Waals surface area contributed by atoms with Gasteiger partial charge in [0.15, 0.2) is 0 Å². The molecule has 1 aromatic rings. The number of aliphatic hydroxyl groups is 2. The molecular weight excluding hydrogens is 240 g/mol. The van der Waals surface area contributed by atoms with E-state index < -0.39 is 6.10 Å². The predicted octanol–water partition coefficient (Wildman–Crippen LogP) is 1.54. The summed E-state index contributed by atoms with van der Waals surface area (Å²) < 4.78 is 0. The molecule has 106 valence electrons. The maximum absolute atomic E-state index is 10.3. The van der Waals surface area contributed by atoms with Gasteiger partial charge in [-0.05, 0) is 30.5 Å². The Balaban J connectivity index is 1.99. The van der Waals surface area contributed by atoms with Gasteiger partial charge in [-0.15, -0.1) is 0 Å². The zero-order valence-corrected chi connectivity index (χ0v) is 11.3.